The lowest BCUT2D eigenvalue weighted by Gasteiger charge is -2.12. The fourth-order valence-electron chi connectivity index (χ4n) is 2.56. The zero-order valence-corrected chi connectivity index (χ0v) is 14.4. The van der Waals surface area contributed by atoms with E-state index in [1.807, 2.05) is 19.9 Å². The Morgan fingerprint density at radius 2 is 1.79 bits per heavy atom. The van der Waals surface area contributed by atoms with Gasteiger partial charge in [-0.1, -0.05) is 17.7 Å². The van der Waals surface area contributed by atoms with Gasteiger partial charge in [-0.3, -0.25) is 4.72 Å². The number of hydrogen-bond donors (Lipinski definition) is 1. The van der Waals surface area contributed by atoms with Gasteiger partial charge in [0.05, 0.1) is 10.6 Å². The molecule has 0 fully saturated rings. The van der Waals surface area contributed by atoms with Crippen molar-refractivity contribution >= 4 is 15.7 Å². The van der Waals surface area contributed by atoms with Gasteiger partial charge >= 0.3 is 0 Å². The highest BCUT2D eigenvalue weighted by Crippen LogP contribution is 2.23. The standard InChI is InChI=1S/C16H17N5O2S/c1-11-4-7-16(13(3)8-11)24(22,23)18-14-5-6-15(12(2)9-14)21-10-17-19-20-21/h4-10,18H,1-3H3. The van der Waals surface area contributed by atoms with Gasteiger partial charge in [-0.15, -0.1) is 5.10 Å². The summed E-state index contributed by atoms with van der Waals surface area (Å²) in [6.07, 6.45) is 1.49. The summed E-state index contributed by atoms with van der Waals surface area (Å²) in [5, 5.41) is 11.0. The minimum atomic E-state index is -3.64. The quantitative estimate of drug-likeness (QED) is 0.785. The molecule has 0 radical (unpaired) electrons. The van der Waals surface area contributed by atoms with Crippen molar-refractivity contribution in [3.8, 4) is 5.69 Å². The molecule has 0 spiro atoms. The molecule has 7 nitrogen and oxygen atoms in total. The van der Waals surface area contributed by atoms with Crippen molar-refractivity contribution in [1.29, 1.82) is 0 Å². The smallest absolute Gasteiger partial charge is 0.262 e. The Kier molecular flexibility index (Phi) is 4.06. The molecular weight excluding hydrogens is 326 g/mol. The van der Waals surface area contributed by atoms with Crippen molar-refractivity contribution in [3.05, 3.63) is 59.4 Å². The summed E-state index contributed by atoms with van der Waals surface area (Å²) in [6, 6.07) is 10.5. The van der Waals surface area contributed by atoms with E-state index in [-0.39, 0.29) is 4.90 Å². The Morgan fingerprint density at radius 3 is 2.42 bits per heavy atom. The molecule has 124 valence electrons. The molecule has 0 saturated heterocycles. The van der Waals surface area contributed by atoms with Gasteiger partial charge in [-0.25, -0.2) is 13.1 Å². The molecule has 0 amide bonds. The van der Waals surface area contributed by atoms with Crippen molar-refractivity contribution in [2.24, 2.45) is 0 Å². The molecule has 0 unspecified atom stereocenters. The lowest BCUT2D eigenvalue weighted by Crippen LogP contribution is -2.14. The molecule has 0 saturated carbocycles. The molecule has 0 aliphatic rings. The topological polar surface area (TPSA) is 89.8 Å². The van der Waals surface area contributed by atoms with Gasteiger partial charge in [-0.2, -0.15) is 0 Å². The van der Waals surface area contributed by atoms with Crippen molar-refractivity contribution in [2.75, 3.05) is 4.72 Å². The van der Waals surface area contributed by atoms with Crippen molar-refractivity contribution in [1.82, 2.24) is 20.2 Å². The van der Waals surface area contributed by atoms with Crippen LogP contribution in [0.15, 0.2) is 47.6 Å². The normalized spacial score (nSPS) is 11.5. The summed E-state index contributed by atoms with van der Waals surface area (Å²) in [5.74, 6) is 0. The van der Waals surface area contributed by atoms with Crippen molar-refractivity contribution < 1.29 is 8.42 Å². The number of benzene rings is 2. The van der Waals surface area contributed by atoms with Gasteiger partial charge in [-0.05, 0) is 66.6 Å². The lowest BCUT2D eigenvalue weighted by molar-refractivity contribution is 0.600. The van der Waals surface area contributed by atoms with Crippen LogP contribution in [0.1, 0.15) is 16.7 Å². The minimum absolute atomic E-state index is 0.273. The average molecular weight is 343 g/mol. The highest BCUT2D eigenvalue weighted by Gasteiger charge is 2.17. The van der Waals surface area contributed by atoms with E-state index in [1.54, 1.807) is 37.3 Å². The first-order valence-electron chi connectivity index (χ1n) is 7.31. The molecule has 1 N–H and O–H groups in total. The largest absolute Gasteiger partial charge is 0.280 e. The van der Waals surface area contributed by atoms with Crippen LogP contribution in [0.25, 0.3) is 5.69 Å². The van der Waals surface area contributed by atoms with Crippen LogP contribution in [0, 0.1) is 20.8 Å². The molecule has 0 aliphatic heterocycles. The van der Waals surface area contributed by atoms with E-state index in [0.29, 0.717) is 11.3 Å². The number of sulfonamides is 1. The predicted octanol–water partition coefficient (Wildman–Crippen LogP) is 2.39. The van der Waals surface area contributed by atoms with Gasteiger partial charge in [0.2, 0.25) is 0 Å². The number of aromatic nitrogens is 4. The third-order valence-electron chi connectivity index (χ3n) is 3.66. The van der Waals surface area contributed by atoms with E-state index >= 15 is 0 Å². The van der Waals surface area contributed by atoms with Crippen LogP contribution >= 0.6 is 0 Å². The van der Waals surface area contributed by atoms with E-state index in [1.165, 1.54) is 11.0 Å². The van der Waals surface area contributed by atoms with Crippen LogP contribution in [0.5, 0.6) is 0 Å². The summed E-state index contributed by atoms with van der Waals surface area (Å²) in [6.45, 7) is 5.58. The summed E-state index contributed by atoms with van der Waals surface area (Å²) in [7, 11) is -3.64. The Balaban J connectivity index is 1.92. The van der Waals surface area contributed by atoms with Gasteiger partial charge in [0, 0.05) is 5.69 Å². The molecule has 0 aliphatic carbocycles. The number of nitrogens with zero attached hydrogens (tertiary/aromatic N) is 4. The first-order valence-corrected chi connectivity index (χ1v) is 8.79. The van der Waals surface area contributed by atoms with Crippen LogP contribution in [-0.2, 0) is 10.0 Å². The van der Waals surface area contributed by atoms with E-state index in [4.69, 9.17) is 0 Å². The summed E-state index contributed by atoms with van der Waals surface area (Å²) >= 11 is 0. The van der Waals surface area contributed by atoms with Gasteiger partial charge in [0.15, 0.2) is 0 Å². The third kappa shape index (κ3) is 3.13. The van der Waals surface area contributed by atoms with Crippen LogP contribution in [0.3, 0.4) is 0 Å². The Hall–Kier alpha value is -2.74. The highest BCUT2D eigenvalue weighted by atomic mass is 32.2. The SMILES string of the molecule is Cc1ccc(S(=O)(=O)Nc2ccc(-n3cnnn3)c(C)c2)c(C)c1. The van der Waals surface area contributed by atoms with Crippen molar-refractivity contribution in [3.63, 3.8) is 0 Å². The fourth-order valence-corrected chi connectivity index (χ4v) is 3.84. The predicted molar refractivity (Wildman–Crippen MR) is 90.6 cm³/mol. The molecule has 3 aromatic rings. The fraction of sp³-hybridized carbons (Fsp3) is 0.188. The molecule has 3 rings (SSSR count). The highest BCUT2D eigenvalue weighted by molar-refractivity contribution is 7.92. The second kappa shape index (κ2) is 6.04. The summed E-state index contributed by atoms with van der Waals surface area (Å²) < 4.78 is 29.4. The maximum Gasteiger partial charge on any atom is 0.262 e. The maximum absolute atomic E-state index is 12.6. The Bertz CT molecular complexity index is 982. The molecular formula is C16H17N5O2S. The first-order chi connectivity index (χ1) is 11.4. The minimum Gasteiger partial charge on any atom is -0.280 e. The molecule has 1 aromatic heterocycles. The summed E-state index contributed by atoms with van der Waals surface area (Å²) in [5.41, 5.74) is 3.86. The van der Waals surface area contributed by atoms with Crippen LogP contribution in [-0.4, -0.2) is 28.6 Å². The van der Waals surface area contributed by atoms with Crippen molar-refractivity contribution in [2.45, 2.75) is 25.7 Å². The average Bonchev–Trinajstić information content (AvgIpc) is 3.00. The van der Waals surface area contributed by atoms with Crippen LogP contribution < -0.4 is 4.72 Å². The third-order valence-corrected chi connectivity index (χ3v) is 5.21. The van der Waals surface area contributed by atoms with Crippen LogP contribution in [0.4, 0.5) is 5.69 Å². The number of tetrazole rings is 1. The zero-order valence-electron chi connectivity index (χ0n) is 13.6. The zero-order chi connectivity index (χ0) is 17.3. The first kappa shape index (κ1) is 16.1. The number of nitrogens with one attached hydrogen (secondary N) is 1. The Labute approximate surface area is 140 Å². The molecule has 1 heterocycles. The summed E-state index contributed by atoms with van der Waals surface area (Å²) in [4.78, 5) is 0.273. The molecule has 0 bridgehead atoms. The maximum atomic E-state index is 12.6. The van der Waals surface area contributed by atoms with Gasteiger partial charge in [0.1, 0.15) is 6.33 Å². The number of rotatable bonds is 4. The number of anilines is 1. The number of hydrogen-bond acceptors (Lipinski definition) is 5. The molecule has 2 aromatic carbocycles. The van der Waals surface area contributed by atoms with Gasteiger partial charge in [0.25, 0.3) is 10.0 Å². The van der Waals surface area contributed by atoms with Gasteiger partial charge < -0.3 is 0 Å². The molecule has 24 heavy (non-hydrogen) atoms. The van der Waals surface area contributed by atoms with E-state index in [0.717, 1.165) is 16.8 Å². The van der Waals surface area contributed by atoms with E-state index < -0.39 is 10.0 Å². The second-order valence-electron chi connectivity index (χ2n) is 5.63. The molecule has 0 atom stereocenters. The monoisotopic (exact) mass is 343 g/mol. The van der Waals surface area contributed by atoms with E-state index in [2.05, 4.69) is 20.2 Å². The molecule has 8 heteroatoms. The van der Waals surface area contributed by atoms with E-state index in [9.17, 15) is 8.42 Å². The number of aryl methyl sites for hydroxylation is 3. The van der Waals surface area contributed by atoms with Crippen LogP contribution in [0.2, 0.25) is 0 Å². The lowest BCUT2D eigenvalue weighted by atomic mass is 10.2. The Morgan fingerprint density at radius 1 is 1.00 bits per heavy atom. The second-order valence-corrected chi connectivity index (χ2v) is 7.28.